The summed E-state index contributed by atoms with van der Waals surface area (Å²) in [5.41, 5.74) is 0. The first-order valence-corrected chi connectivity index (χ1v) is 7.35. The van der Waals surface area contributed by atoms with E-state index < -0.39 is 0 Å². The van der Waals surface area contributed by atoms with E-state index in [2.05, 4.69) is 21.8 Å². The SMILES string of the molecule is CCOCCC(=O)N1CCN(CC)[C@H](c2ncc[nH]2)C1. The lowest BCUT2D eigenvalue weighted by atomic mass is 10.1. The van der Waals surface area contributed by atoms with E-state index in [4.69, 9.17) is 4.74 Å². The quantitative estimate of drug-likeness (QED) is 0.791. The molecule has 1 saturated heterocycles. The van der Waals surface area contributed by atoms with Gasteiger partial charge in [-0.15, -0.1) is 0 Å². The Morgan fingerprint density at radius 1 is 1.50 bits per heavy atom. The molecule has 0 spiro atoms. The lowest BCUT2D eigenvalue weighted by Crippen LogP contribution is -2.50. The smallest absolute Gasteiger partial charge is 0.224 e. The molecule has 1 atom stereocenters. The van der Waals surface area contributed by atoms with Gasteiger partial charge in [-0.1, -0.05) is 6.92 Å². The molecule has 1 aromatic heterocycles. The Hall–Kier alpha value is -1.40. The number of ether oxygens (including phenoxy) is 1. The molecule has 6 heteroatoms. The van der Waals surface area contributed by atoms with E-state index in [1.54, 1.807) is 6.20 Å². The number of hydrogen-bond donors (Lipinski definition) is 1. The second-order valence-corrected chi connectivity index (χ2v) is 4.91. The highest BCUT2D eigenvalue weighted by atomic mass is 16.5. The highest BCUT2D eigenvalue weighted by Gasteiger charge is 2.30. The molecule has 0 saturated carbocycles. The first-order valence-electron chi connectivity index (χ1n) is 7.35. The topological polar surface area (TPSA) is 61.5 Å². The van der Waals surface area contributed by atoms with Crippen molar-refractivity contribution >= 4 is 5.91 Å². The van der Waals surface area contributed by atoms with E-state index in [-0.39, 0.29) is 11.9 Å². The van der Waals surface area contributed by atoms with Gasteiger partial charge in [0, 0.05) is 38.6 Å². The number of imidazole rings is 1. The van der Waals surface area contributed by atoms with Crippen LogP contribution in [0, 0.1) is 0 Å². The minimum atomic E-state index is 0.166. The van der Waals surface area contributed by atoms with Crippen LogP contribution in [0.2, 0.25) is 0 Å². The number of rotatable bonds is 6. The van der Waals surface area contributed by atoms with Gasteiger partial charge < -0.3 is 14.6 Å². The summed E-state index contributed by atoms with van der Waals surface area (Å²) < 4.78 is 5.26. The highest BCUT2D eigenvalue weighted by molar-refractivity contribution is 5.76. The summed E-state index contributed by atoms with van der Waals surface area (Å²) in [5, 5.41) is 0. The first kappa shape index (κ1) is 15.0. The van der Waals surface area contributed by atoms with Crippen molar-refractivity contribution in [3.05, 3.63) is 18.2 Å². The number of H-pyrrole nitrogens is 1. The number of carbonyl (C=O) groups excluding carboxylic acids is 1. The minimum Gasteiger partial charge on any atom is -0.381 e. The van der Waals surface area contributed by atoms with E-state index in [0.29, 0.717) is 26.2 Å². The number of nitrogens with one attached hydrogen (secondary N) is 1. The van der Waals surface area contributed by atoms with Crippen LogP contribution in [0.5, 0.6) is 0 Å². The van der Waals surface area contributed by atoms with Crippen LogP contribution in [0.15, 0.2) is 12.4 Å². The van der Waals surface area contributed by atoms with Gasteiger partial charge in [-0.3, -0.25) is 9.69 Å². The van der Waals surface area contributed by atoms with Gasteiger partial charge in [0.1, 0.15) is 5.82 Å². The van der Waals surface area contributed by atoms with Crippen molar-refractivity contribution in [1.82, 2.24) is 19.8 Å². The van der Waals surface area contributed by atoms with Crippen molar-refractivity contribution in [2.24, 2.45) is 0 Å². The Morgan fingerprint density at radius 2 is 2.35 bits per heavy atom. The fourth-order valence-electron chi connectivity index (χ4n) is 2.61. The van der Waals surface area contributed by atoms with Crippen molar-refractivity contribution in [1.29, 1.82) is 0 Å². The molecule has 0 bridgehead atoms. The number of aromatic amines is 1. The van der Waals surface area contributed by atoms with Crippen molar-refractivity contribution in [2.75, 3.05) is 39.4 Å². The number of aromatic nitrogens is 2. The summed E-state index contributed by atoms with van der Waals surface area (Å²) in [5.74, 6) is 1.11. The van der Waals surface area contributed by atoms with Gasteiger partial charge in [0.25, 0.3) is 0 Å². The zero-order valence-corrected chi connectivity index (χ0v) is 12.3. The molecule has 6 nitrogen and oxygen atoms in total. The largest absolute Gasteiger partial charge is 0.381 e. The van der Waals surface area contributed by atoms with E-state index in [0.717, 1.165) is 25.5 Å². The van der Waals surface area contributed by atoms with Crippen LogP contribution in [0.4, 0.5) is 0 Å². The summed E-state index contributed by atoms with van der Waals surface area (Å²) in [6.45, 7) is 8.59. The van der Waals surface area contributed by atoms with Gasteiger partial charge in [-0.2, -0.15) is 0 Å². The molecule has 0 unspecified atom stereocenters. The standard InChI is InChI=1S/C14H24N4O2/c1-3-17-8-9-18(13(19)5-10-20-4-2)11-12(17)14-15-6-7-16-14/h6-7,12H,3-5,8-11H2,1-2H3,(H,15,16)/t12-/m0/s1. The second-order valence-electron chi connectivity index (χ2n) is 4.91. The number of carbonyl (C=O) groups is 1. The Bertz CT molecular complexity index is 407. The average Bonchev–Trinajstić information content (AvgIpc) is 3.00. The molecule has 1 N–H and O–H groups in total. The fourth-order valence-corrected chi connectivity index (χ4v) is 2.61. The lowest BCUT2D eigenvalue weighted by molar-refractivity contribution is -0.135. The molecule has 1 fully saturated rings. The third kappa shape index (κ3) is 3.58. The van der Waals surface area contributed by atoms with Crippen molar-refractivity contribution in [2.45, 2.75) is 26.3 Å². The molecule has 1 aliphatic rings. The van der Waals surface area contributed by atoms with E-state index in [1.165, 1.54) is 0 Å². The lowest BCUT2D eigenvalue weighted by Gasteiger charge is -2.40. The maximum absolute atomic E-state index is 12.2. The van der Waals surface area contributed by atoms with Crippen molar-refractivity contribution in [3.63, 3.8) is 0 Å². The van der Waals surface area contributed by atoms with Crippen LogP contribution in [0.1, 0.15) is 32.1 Å². The van der Waals surface area contributed by atoms with Gasteiger partial charge in [0.05, 0.1) is 19.1 Å². The fraction of sp³-hybridized carbons (Fsp3) is 0.714. The van der Waals surface area contributed by atoms with Gasteiger partial charge in [-0.05, 0) is 13.5 Å². The molecule has 1 aliphatic heterocycles. The van der Waals surface area contributed by atoms with Crippen molar-refractivity contribution in [3.8, 4) is 0 Å². The summed E-state index contributed by atoms with van der Waals surface area (Å²) in [6.07, 6.45) is 4.06. The first-order chi connectivity index (χ1) is 9.76. The Morgan fingerprint density at radius 3 is 3.00 bits per heavy atom. The predicted octanol–water partition coefficient (Wildman–Crippen LogP) is 1.04. The van der Waals surface area contributed by atoms with Gasteiger partial charge in [0.15, 0.2) is 0 Å². The molecule has 2 heterocycles. The van der Waals surface area contributed by atoms with Crippen LogP contribution in [-0.4, -0.2) is 65.1 Å². The zero-order valence-electron chi connectivity index (χ0n) is 12.3. The Kier molecular flexibility index (Phi) is 5.55. The van der Waals surface area contributed by atoms with Gasteiger partial charge in [-0.25, -0.2) is 4.98 Å². The molecular weight excluding hydrogens is 256 g/mol. The molecule has 112 valence electrons. The summed E-state index contributed by atoms with van der Waals surface area (Å²) >= 11 is 0. The third-order valence-corrected chi connectivity index (χ3v) is 3.75. The van der Waals surface area contributed by atoms with E-state index >= 15 is 0 Å². The van der Waals surface area contributed by atoms with Crippen LogP contribution < -0.4 is 0 Å². The average molecular weight is 280 g/mol. The van der Waals surface area contributed by atoms with Crippen LogP contribution in [0.3, 0.4) is 0 Å². The number of piperazine rings is 1. The number of amides is 1. The summed E-state index contributed by atoms with van der Waals surface area (Å²) in [6, 6.07) is 0.166. The highest BCUT2D eigenvalue weighted by Crippen LogP contribution is 2.22. The summed E-state index contributed by atoms with van der Waals surface area (Å²) in [4.78, 5) is 24.0. The predicted molar refractivity (Wildman–Crippen MR) is 76.3 cm³/mol. The number of hydrogen-bond acceptors (Lipinski definition) is 4. The monoisotopic (exact) mass is 280 g/mol. The molecule has 1 aromatic rings. The van der Waals surface area contributed by atoms with Crippen LogP contribution in [-0.2, 0) is 9.53 Å². The zero-order chi connectivity index (χ0) is 14.4. The van der Waals surface area contributed by atoms with Gasteiger partial charge in [0.2, 0.25) is 5.91 Å². The van der Waals surface area contributed by atoms with Crippen LogP contribution in [0.25, 0.3) is 0 Å². The summed E-state index contributed by atoms with van der Waals surface area (Å²) in [7, 11) is 0. The van der Waals surface area contributed by atoms with Gasteiger partial charge >= 0.3 is 0 Å². The molecular formula is C14H24N4O2. The molecule has 2 rings (SSSR count). The Labute approximate surface area is 120 Å². The maximum atomic E-state index is 12.2. The van der Waals surface area contributed by atoms with E-state index in [9.17, 15) is 4.79 Å². The minimum absolute atomic E-state index is 0.166. The van der Waals surface area contributed by atoms with Crippen molar-refractivity contribution < 1.29 is 9.53 Å². The Balaban J connectivity index is 1.95. The molecule has 20 heavy (non-hydrogen) atoms. The molecule has 0 aliphatic carbocycles. The molecule has 1 amide bonds. The molecule has 0 radical (unpaired) electrons. The van der Waals surface area contributed by atoms with Crippen LogP contribution >= 0.6 is 0 Å². The molecule has 0 aromatic carbocycles. The second kappa shape index (κ2) is 7.40. The normalized spacial score (nSPS) is 20.3. The van der Waals surface area contributed by atoms with E-state index in [1.807, 2.05) is 18.0 Å². The maximum Gasteiger partial charge on any atom is 0.224 e. The third-order valence-electron chi connectivity index (χ3n) is 3.75. The number of likely N-dealkylation sites (N-methyl/N-ethyl adjacent to an activating group) is 1. The number of nitrogens with zero attached hydrogens (tertiary/aromatic N) is 3.